The second-order valence-electron chi connectivity index (χ2n) is 7.27. The lowest BCUT2D eigenvalue weighted by atomic mass is 10.0. The fourth-order valence-corrected chi connectivity index (χ4v) is 3.99. The average Bonchev–Trinajstić information content (AvgIpc) is 2.80. The quantitative estimate of drug-likeness (QED) is 0.477. The Bertz CT molecular complexity index is 1090. The number of methoxy groups -OCH3 is 1. The molecule has 2 rings (SSSR count). The molecule has 8 heteroatoms. The molecule has 7 nitrogen and oxygen atoms in total. The van der Waals surface area contributed by atoms with Crippen molar-refractivity contribution < 1.29 is 17.9 Å². The first kappa shape index (κ1) is 25.7. The van der Waals surface area contributed by atoms with Crippen LogP contribution in [0.15, 0.2) is 90.5 Å². The third kappa shape index (κ3) is 7.25. The molecule has 0 aliphatic carbocycles. The highest BCUT2D eigenvalue weighted by Crippen LogP contribution is 2.24. The van der Waals surface area contributed by atoms with E-state index in [1.165, 1.54) is 19.1 Å². The zero-order valence-electron chi connectivity index (χ0n) is 19.2. The standard InChI is InChI=1S/C25H31N3O4S/c1-6-11-19(3)33(30,31)27-25(29)26-24(18-21-12-9-8-10-13-21)20(4)28(7-2)22-14-16-23(32-5)17-15-22/h6,8-17,24H,1,4,7,18H2,2-3,5H3,(H2,26,27,29)/b19-11+/t24-/m0/s1. The number of nitrogens with zero attached hydrogens (tertiary/aromatic N) is 1. The number of allylic oxidation sites excluding steroid dienone is 3. The van der Waals surface area contributed by atoms with Crippen LogP contribution in [0.5, 0.6) is 5.75 Å². The highest BCUT2D eigenvalue weighted by atomic mass is 32.2. The summed E-state index contributed by atoms with van der Waals surface area (Å²) in [5.74, 6) is 0.729. The lowest BCUT2D eigenvalue weighted by molar-refractivity contribution is 0.243. The summed E-state index contributed by atoms with van der Waals surface area (Å²) in [6.45, 7) is 11.7. The summed E-state index contributed by atoms with van der Waals surface area (Å²) in [7, 11) is -2.38. The average molecular weight is 470 g/mol. The van der Waals surface area contributed by atoms with Crippen LogP contribution in [0, 0.1) is 0 Å². The van der Waals surface area contributed by atoms with Crippen molar-refractivity contribution in [1.29, 1.82) is 0 Å². The molecule has 0 saturated carbocycles. The highest BCUT2D eigenvalue weighted by Gasteiger charge is 2.24. The SMILES string of the molecule is C=C/C=C(\C)S(=O)(=O)NC(=O)N[C@@H](Cc1ccccc1)C(=C)N(CC)c1ccc(OC)cc1. The Kier molecular flexibility index (Phi) is 9.30. The molecule has 0 saturated heterocycles. The van der Waals surface area contributed by atoms with Crippen molar-refractivity contribution in [2.75, 3.05) is 18.6 Å². The highest BCUT2D eigenvalue weighted by molar-refractivity contribution is 7.93. The lowest BCUT2D eigenvalue weighted by Gasteiger charge is -2.32. The number of hydrogen-bond donors (Lipinski definition) is 2. The molecule has 0 aliphatic rings. The molecule has 0 radical (unpaired) electrons. The summed E-state index contributed by atoms with van der Waals surface area (Å²) in [5.41, 5.74) is 2.47. The predicted molar refractivity (Wildman–Crippen MR) is 134 cm³/mol. The Morgan fingerprint density at radius 2 is 1.79 bits per heavy atom. The second kappa shape index (κ2) is 11.9. The molecule has 0 fully saturated rings. The summed E-state index contributed by atoms with van der Waals surface area (Å²) >= 11 is 0. The Morgan fingerprint density at radius 1 is 1.15 bits per heavy atom. The minimum atomic E-state index is -3.98. The van der Waals surface area contributed by atoms with Gasteiger partial charge in [0, 0.05) is 17.9 Å². The van der Waals surface area contributed by atoms with Gasteiger partial charge in [0.25, 0.3) is 10.0 Å². The summed E-state index contributed by atoms with van der Waals surface area (Å²) in [5, 5.41) is 2.78. The zero-order valence-corrected chi connectivity index (χ0v) is 20.1. The first-order chi connectivity index (χ1) is 15.7. The van der Waals surface area contributed by atoms with Crippen LogP contribution >= 0.6 is 0 Å². The van der Waals surface area contributed by atoms with E-state index in [4.69, 9.17) is 4.74 Å². The molecule has 0 heterocycles. The Hall–Kier alpha value is -3.52. The predicted octanol–water partition coefficient (Wildman–Crippen LogP) is 4.37. The molecule has 2 aromatic rings. The van der Waals surface area contributed by atoms with Crippen molar-refractivity contribution in [3.05, 3.63) is 96.1 Å². The number of rotatable bonds is 11. The lowest BCUT2D eigenvalue weighted by Crippen LogP contribution is -2.48. The van der Waals surface area contributed by atoms with Crippen molar-refractivity contribution in [1.82, 2.24) is 10.0 Å². The van der Waals surface area contributed by atoms with Crippen molar-refractivity contribution in [3.63, 3.8) is 0 Å². The van der Waals surface area contributed by atoms with Gasteiger partial charge in [0.1, 0.15) is 5.75 Å². The molecule has 0 unspecified atom stereocenters. The summed E-state index contributed by atoms with van der Waals surface area (Å²) in [4.78, 5) is 14.6. The Labute approximate surface area is 196 Å². The fourth-order valence-electron chi connectivity index (χ4n) is 3.25. The van der Waals surface area contributed by atoms with E-state index in [0.29, 0.717) is 18.7 Å². The van der Waals surface area contributed by atoms with Gasteiger partial charge in [-0.2, -0.15) is 0 Å². The van der Waals surface area contributed by atoms with Crippen molar-refractivity contribution in [2.45, 2.75) is 26.3 Å². The van der Waals surface area contributed by atoms with Crippen molar-refractivity contribution in [3.8, 4) is 5.75 Å². The summed E-state index contributed by atoms with van der Waals surface area (Å²) < 4.78 is 32.0. The van der Waals surface area contributed by atoms with Gasteiger partial charge in [-0.3, -0.25) is 0 Å². The number of anilines is 1. The van der Waals surface area contributed by atoms with Crippen molar-refractivity contribution in [2.24, 2.45) is 0 Å². The maximum Gasteiger partial charge on any atom is 0.329 e. The molecule has 176 valence electrons. The maximum atomic E-state index is 12.7. The van der Waals surface area contributed by atoms with E-state index in [1.807, 2.05) is 66.4 Å². The van der Waals surface area contributed by atoms with E-state index in [1.54, 1.807) is 7.11 Å². The number of carbonyl (C=O) groups excluding carboxylic acids is 1. The minimum Gasteiger partial charge on any atom is -0.497 e. The smallest absolute Gasteiger partial charge is 0.329 e. The van der Waals surface area contributed by atoms with Gasteiger partial charge in [-0.1, -0.05) is 49.6 Å². The van der Waals surface area contributed by atoms with Crippen LogP contribution in [0.3, 0.4) is 0 Å². The van der Waals surface area contributed by atoms with E-state index in [9.17, 15) is 13.2 Å². The van der Waals surface area contributed by atoms with Crippen LogP contribution in [-0.4, -0.2) is 34.1 Å². The molecule has 2 amide bonds. The molecule has 2 aromatic carbocycles. The number of likely N-dealkylation sites (N-methyl/N-ethyl adjacent to an activating group) is 1. The molecular formula is C25H31N3O4S. The number of nitrogens with one attached hydrogen (secondary N) is 2. The molecule has 0 aliphatic heterocycles. The Morgan fingerprint density at radius 3 is 2.33 bits per heavy atom. The van der Waals surface area contributed by atoms with E-state index in [2.05, 4.69) is 23.2 Å². The molecule has 0 spiro atoms. The Balaban J connectivity index is 2.30. The first-order valence-electron chi connectivity index (χ1n) is 10.5. The number of urea groups is 1. The van der Waals surface area contributed by atoms with Crippen LogP contribution in [0.2, 0.25) is 0 Å². The van der Waals surface area contributed by atoms with Gasteiger partial charge >= 0.3 is 6.03 Å². The van der Waals surface area contributed by atoms with Crippen LogP contribution in [0.25, 0.3) is 0 Å². The van der Waals surface area contributed by atoms with Gasteiger partial charge in [0.05, 0.1) is 18.1 Å². The van der Waals surface area contributed by atoms with Crippen LogP contribution in [0.1, 0.15) is 19.4 Å². The van der Waals surface area contributed by atoms with E-state index in [0.717, 1.165) is 17.0 Å². The van der Waals surface area contributed by atoms with Gasteiger partial charge in [-0.25, -0.2) is 17.9 Å². The molecule has 1 atom stereocenters. The van der Waals surface area contributed by atoms with Gasteiger partial charge in [-0.05, 0) is 56.2 Å². The van der Waals surface area contributed by atoms with Gasteiger partial charge < -0.3 is 15.0 Å². The number of benzene rings is 2. The van der Waals surface area contributed by atoms with Crippen LogP contribution in [0.4, 0.5) is 10.5 Å². The van der Waals surface area contributed by atoms with E-state index in [-0.39, 0.29) is 4.91 Å². The third-order valence-electron chi connectivity index (χ3n) is 5.04. The summed E-state index contributed by atoms with van der Waals surface area (Å²) in [6, 6.07) is 15.7. The van der Waals surface area contributed by atoms with E-state index < -0.39 is 22.1 Å². The van der Waals surface area contributed by atoms with Gasteiger partial charge in [-0.15, -0.1) is 0 Å². The monoisotopic (exact) mass is 469 g/mol. The topological polar surface area (TPSA) is 87.7 Å². The molecule has 0 bridgehead atoms. The van der Waals surface area contributed by atoms with E-state index >= 15 is 0 Å². The second-order valence-corrected chi connectivity index (χ2v) is 9.12. The fraction of sp³-hybridized carbons (Fsp3) is 0.240. The number of carbonyl (C=O) groups is 1. The molecule has 33 heavy (non-hydrogen) atoms. The van der Waals surface area contributed by atoms with Gasteiger partial charge in [0.2, 0.25) is 0 Å². The maximum absolute atomic E-state index is 12.7. The number of sulfonamides is 1. The van der Waals surface area contributed by atoms with Crippen LogP contribution in [-0.2, 0) is 16.4 Å². The summed E-state index contributed by atoms with van der Waals surface area (Å²) in [6.07, 6.45) is 3.10. The largest absolute Gasteiger partial charge is 0.497 e. The normalized spacial score (nSPS) is 12.4. The molecule has 0 aromatic heterocycles. The zero-order chi connectivity index (χ0) is 24.4. The number of hydrogen-bond acceptors (Lipinski definition) is 5. The number of amides is 2. The number of ether oxygens (including phenoxy) is 1. The van der Waals surface area contributed by atoms with Crippen LogP contribution < -0.4 is 19.7 Å². The third-order valence-corrected chi connectivity index (χ3v) is 6.48. The first-order valence-corrected chi connectivity index (χ1v) is 12.0. The van der Waals surface area contributed by atoms with Gasteiger partial charge in [0.15, 0.2) is 0 Å². The van der Waals surface area contributed by atoms with Crippen molar-refractivity contribution >= 4 is 21.7 Å². The molecule has 2 N–H and O–H groups in total. The minimum absolute atomic E-state index is 0.0143. The molecular weight excluding hydrogens is 438 g/mol.